The summed E-state index contributed by atoms with van der Waals surface area (Å²) in [6, 6.07) is 3.53. The Kier molecular flexibility index (Phi) is 3.83. The fourth-order valence-corrected chi connectivity index (χ4v) is 2.51. The van der Waals surface area contributed by atoms with Crippen LogP contribution < -0.4 is 19.5 Å². The molecule has 1 aromatic heterocycles. The maximum absolute atomic E-state index is 12.2. The predicted octanol–water partition coefficient (Wildman–Crippen LogP) is 2.33. The number of hydrogen-bond acceptors (Lipinski definition) is 4. The third kappa shape index (κ3) is 2.56. The van der Waals surface area contributed by atoms with Gasteiger partial charge in [0.25, 0.3) is 5.91 Å². The molecule has 118 valence electrons. The highest BCUT2D eigenvalue weighted by Gasteiger charge is 2.23. The van der Waals surface area contributed by atoms with E-state index in [9.17, 15) is 4.79 Å². The zero-order valence-electron chi connectivity index (χ0n) is 13.0. The number of amides is 1. The molecule has 0 saturated heterocycles. The minimum absolute atomic E-state index is 0.119. The summed E-state index contributed by atoms with van der Waals surface area (Å²) in [6.45, 7) is 0.728. The lowest BCUT2D eigenvalue weighted by molar-refractivity contribution is 0.0947. The van der Waals surface area contributed by atoms with E-state index in [-0.39, 0.29) is 5.91 Å². The first-order chi connectivity index (χ1) is 10.7. The fraction of sp³-hybridized carbons (Fsp3) is 0.438. The lowest BCUT2D eigenvalue weighted by atomic mass is 10.2. The molecule has 1 amide bonds. The minimum Gasteiger partial charge on any atom is -0.496 e. The van der Waals surface area contributed by atoms with Gasteiger partial charge in [0.1, 0.15) is 11.4 Å². The Balaban J connectivity index is 2.00. The van der Waals surface area contributed by atoms with E-state index in [1.54, 1.807) is 33.5 Å². The minimum atomic E-state index is -0.119. The van der Waals surface area contributed by atoms with Crippen LogP contribution >= 0.6 is 0 Å². The largest absolute Gasteiger partial charge is 0.496 e. The number of rotatable bonds is 6. The van der Waals surface area contributed by atoms with E-state index < -0.39 is 0 Å². The molecule has 1 fully saturated rings. The number of carbonyl (C=O) groups excluding carboxylic acids is 1. The standard InChI is InChI=1S/C16H20N2O4/c1-20-12-7-13(21-2)15(22-3)14-10(12)6-11(18-14)16(19)17-8-9-4-5-9/h6-7,9,18H,4-5,8H2,1-3H3,(H,17,19). The molecular weight excluding hydrogens is 284 g/mol. The van der Waals surface area contributed by atoms with E-state index in [0.717, 1.165) is 11.9 Å². The van der Waals surface area contributed by atoms with Crippen molar-refractivity contribution >= 4 is 16.8 Å². The van der Waals surface area contributed by atoms with Gasteiger partial charge in [-0.2, -0.15) is 0 Å². The summed E-state index contributed by atoms with van der Waals surface area (Å²) in [6.07, 6.45) is 2.40. The highest BCUT2D eigenvalue weighted by Crippen LogP contribution is 2.41. The zero-order valence-corrected chi connectivity index (χ0v) is 13.0. The van der Waals surface area contributed by atoms with Gasteiger partial charge in [-0.05, 0) is 24.8 Å². The fourth-order valence-electron chi connectivity index (χ4n) is 2.51. The molecule has 1 heterocycles. The molecule has 1 aliphatic carbocycles. The van der Waals surface area contributed by atoms with Crippen LogP contribution in [-0.2, 0) is 0 Å². The Morgan fingerprint density at radius 2 is 1.91 bits per heavy atom. The van der Waals surface area contributed by atoms with Gasteiger partial charge in [0.2, 0.25) is 0 Å². The van der Waals surface area contributed by atoms with Crippen LogP contribution in [0.2, 0.25) is 0 Å². The average Bonchev–Trinajstić information content (AvgIpc) is 3.27. The molecule has 0 aliphatic heterocycles. The molecule has 22 heavy (non-hydrogen) atoms. The molecule has 2 N–H and O–H groups in total. The van der Waals surface area contributed by atoms with Gasteiger partial charge in [0.15, 0.2) is 11.5 Å². The lowest BCUT2D eigenvalue weighted by Crippen LogP contribution is -2.25. The van der Waals surface area contributed by atoms with Crippen molar-refractivity contribution < 1.29 is 19.0 Å². The number of nitrogens with one attached hydrogen (secondary N) is 2. The van der Waals surface area contributed by atoms with Gasteiger partial charge in [-0.1, -0.05) is 0 Å². The van der Waals surface area contributed by atoms with Crippen LogP contribution in [0.25, 0.3) is 10.9 Å². The highest BCUT2D eigenvalue weighted by molar-refractivity contribution is 6.02. The van der Waals surface area contributed by atoms with Gasteiger partial charge in [0.05, 0.1) is 26.8 Å². The van der Waals surface area contributed by atoms with E-state index in [1.807, 2.05) is 0 Å². The molecular formula is C16H20N2O4. The summed E-state index contributed by atoms with van der Waals surface area (Å²) in [5, 5.41) is 3.73. The molecule has 1 aliphatic rings. The zero-order chi connectivity index (χ0) is 15.7. The molecule has 6 nitrogen and oxygen atoms in total. The Labute approximate surface area is 128 Å². The lowest BCUT2D eigenvalue weighted by Gasteiger charge is -2.11. The van der Waals surface area contributed by atoms with E-state index in [4.69, 9.17) is 14.2 Å². The number of aromatic nitrogens is 1. The van der Waals surface area contributed by atoms with Crippen LogP contribution in [-0.4, -0.2) is 38.8 Å². The monoisotopic (exact) mass is 304 g/mol. The molecule has 0 atom stereocenters. The van der Waals surface area contributed by atoms with Gasteiger partial charge in [-0.25, -0.2) is 0 Å². The molecule has 0 unspecified atom stereocenters. The van der Waals surface area contributed by atoms with Crippen LogP contribution in [0.3, 0.4) is 0 Å². The quantitative estimate of drug-likeness (QED) is 0.859. The molecule has 2 aromatic rings. The summed E-state index contributed by atoms with van der Waals surface area (Å²) in [5.74, 6) is 2.26. The molecule has 0 radical (unpaired) electrons. The Morgan fingerprint density at radius 3 is 2.50 bits per heavy atom. The Hall–Kier alpha value is -2.37. The number of H-pyrrole nitrogens is 1. The second-order valence-electron chi connectivity index (χ2n) is 5.44. The van der Waals surface area contributed by atoms with Crippen LogP contribution in [0.15, 0.2) is 12.1 Å². The first kappa shape index (κ1) is 14.6. The van der Waals surface area contributed by atoms with Crippen LogP contribution in [0.4, 0.5) is 0 Å². The van der Waals surface area contributed by atoms with Crippen LogP contribution in [0, 0.1) is 5.92 Å². The molecule has 0 bridgehead atoms. The summed E-state index contributed by atoms with van der Waals surface area (Å²) < 4.78 is 16.1. The normalized spacial score (nSPS) is 14.0. The number of ether oxygens (including phenoxy) is 3. The van der Waals surface area contributed by atoms with E-state index >= 15 is 0 Å². The van der Waals surface area contributed by atoms with Gasteiger partial charge in [-0.15, -0.1) is 0 Å². The number of hydrogen-bond donors (Lipinski definition) is 2. The third-order valence-electron chi connectivity index (χ3n) is 3.93. The maximum Gasteiger partial charge on any atom is 0.267 e. The number of methoxy groups -OCH3 is 3. The number of aromatic amines is 1. The summed E-state index contributed by atoms with van der Waals surface area (Å²) in [5.41, 5.74) is 1.18. The van der Waals surface area contributed by atoms with Crippen molar-refractivity contribution in [3.63, 3.8) is 0 Å². The first-order valence-corrected chi connectivity index (χ1v) is 7.27. The molecule has 1 saturated carbocycles. The van der Waals surface area contributed by atoms with Crippen LogP contribution in [0.1, 0.15) is 23.3 Å². The molecule has 1 aromatic carbocycles. The summed E-state index contributed by atoms with van der Waals surface area (Å²) in [7, 11) is 4.72. The Morgan fingerprint density at radius 1 is 1.18 bits per heavy atom. The number of carbonyl (C=O) groups is 1. The highest BCUT2D eigenvalue weighted by atomic mass is 16.5. The smallest absolute Gasteiger partial charge is 0.267 e. The maximum atomic E-state index is 12.2. The van der Waals surface area contributed by atoms with E-state index in [0.29, 0.717) is 34.4 Å². The van der Waals surface area contributed by atoms with E-state index in [2.05, 4.69) is 10.3 Å². The first-order valence-electron chi connectivity index (χ1n) is 7.27. The molecule has 6 heteroatoms. The van der Waals surface area contributed by atoms with Gasteiger partial charge in [0, 0.05) is 18.0 Å². The topological polar surface area (TPSA) is 72.6 Å². The van der Waals surface area contributed by atoms with Gasteiger partial charge in [-0.3, -0.25) is 4.79 Å². The van der Waals surface area contributed by atoms with Crippen molar-refractivity contribution in [2.24, 2.45) is 5.92 Å². The number of benzene rings is 1. The van der Waals surface area contributed by atoms with Crippen LogP contribution in [0.5, 0.6) is 17.2 Å². The van der Waals surface area contributed by atoms with Crippen molar-refractivity contribution in [1.29, 1.82) is 0 Å². The number of fused-ring (bicyclic) bond motifs is 1. The molecule has 3 rings (SSSR count). The van der Waals surface area contributed by atoms with Crippen molar-refractivity contribution in [3.05, 3.63) is 17.8 Å². The molecule has 0 spiro atoms. The van der Waals surface area contributed by atoms with Crippen molar-refractivity contribution in [3.8, 4) is 17.2 Å². The second kappa shape index (κ2) is 5.79. The van der Waals surface area contributed by atoms with Crippen molar-refractivity contribution in [1.82, 2.24) is 10.3 Å². The van der Waals surface area contributed by atoms with E-state index in [1.165, 1.54) is 12.8 Å². The van der Waals surface area contributed by atoms with Crippen molar-refractivity contribution in [2.75, 3.05) is 27.9 Å². The second-order valence-corrected chi connectivity index (χ2v) is 5.44. The summed E-state index contributed by atoms with van der Waals surface area (Å²) >= 11 is 0. The SMILES string of the molecule is COc1cc(OC)c2cc(C(=O)NCC3CC3)[nH]c2c1OC. The van der Waals surface area contributed by atoms with Gasteiger partial charge < -0.3 is 24.5 Å². The van der Waals surface area contributed by atoms with Crippen molar-refractivity contribution in [2.45, 2.75) is 12.8 Å². The third-order valence-corrected chi connectivity index (χ3v) is 3.93. The Bertz CT molecular complexity index is 704. The predicted molar refractivity (Wildman–Crippen MR) is 83.0 cm³/mol. The average molecular weight is 304 g/mol. The summed E-state index contributed by atoms with van der Waals surface area (Å²) in [4.78, 5) is 15.4. The van der Waals surface area contributed by atoms with Gasteiger partial charge >= 0.3 is 0 Å².